The minimum absolute atomic E-state index is 0.00386. The van der Waals surface area contributed by atoms with Crippen molar-refractivity contribution in [3.63, 3.8) is 0 Å². The van der Waals surface area contributed by atoms with Crippen LogP contribution in [0.25, 0.3) is 5.69 Å². The summed E-state index contributed by atoms with van der Waals surface area (Å²) < 4.78 is 23.4. The second-order valence-corrected chi connectivity index (χ2v) is 8.04. The molecule has 1 heterocycles. The first kappa shape index (κ1) is 24.6. The van der Waals surface area contributed by atoms with Crippen molar-refractivity contribution >= 4 is 5.91 Å². The highest BCUT2D eigenvalue weighted by molar-refractivity contribution is 5.97. The summed E-state index contributed by atoms with van der Waals surface area (Å²) in [7, 11) is 1.58. The fraction of sp³-hybridized carbons (Fsp3) is 0.591. The fourth-order valence-electron chi connectivity index (χ4n) is 3.31. The zero-order valence-corrected chi connectivity index (χ0v) is 19.1. The lowest BCUT2D eigenvalue weighted by Crippen LogP contribution is -2.37. The van der Waals surface area contributed by atoms with Crippen LogP contribution in [0.3, 0.4) is 0 Å². The number of halogens is 1. The zero-order chi connectivity index (χ0) is 23.3. The maximum atomic E-state index is 15.1. The van der Waals surface area contributed by atoms with Gasteiger partial charge in [0, 0.05) is 19.0 Å². The van der Waals surface area contributed by atoms with E-state index in [1.54, 1.807) is 7.05 Å². The Labute approximate surface area is 182 Å². The molecule has 0 aliphatic carbocycles. The van der Waals surface area contributed by atoms with E-state index in [2.05, 4.69) is 10.4 Å². The molecule has 0 bridgehead atoms. The van der Waals surface area contributed by atoms with Crippen LogP contribution >= 0.6 is 0 Å². The molecule has 8 nitrogen and oxygen atoms in total. The number of hydrogen-bond donors (Lipinski definition) is 2. The smallest absolute Gasteiger partial charge is 0.350 e. The first-order valence-corrected chi connectivity index (χ1v) is 10.7. The standard InChI is InChI=1S/C22H33FN4O4/c1-7-9-14(5)31-19-11-18(27-22(30)26(6)20(25-27)13(3)4)17(23)10-16(19)21(29)24-15(8-2)12-28/h10-11,13-15,28H,7-9,12H2,1-6H3,(H,24,29)/t14-,15+/m0/s1. The van der Waals surface area contributed by atoms with Gasteiger partial charge in [0.15, 0.2) is 0 Å². The third-order valence-corrected chi connectivity index (χ3v) is 5.12. The summed E-state index contributed by atoms with van der Waals surface area (Å²) in [5.74, 6) is -0.681. The SMILES string of the molecule is CCC[C@H](C)Oc1cc(-n2nc(C(C)C)n(C)c2=O)c(F)cc1C(=O)N[C@H](CC)CO. The summed E-state index contributed by atoms with van der Waals surface area (Å²) in [6.45, 7) is 9.25. The molecule has 2 aromatic rings. The van der Waals surface area contributed by atoms with Gasteiger partial charge >= 0.3 is 5.69 Å². The number of ether oxygens (including phenoxy) is 1. The predicted octanol–water partition coefficient (Wildman–Crippen LogP) is 2.90. The summed E-state index contributed by atoms with van der Waals surface area (Å²) >= 11 is 0. The lowest BCUT2D eigenvalue weighted by molar-refractivity contribution is 0.0907. The van der Waals surface area contributed by atoms with Crippen LogP contribution in [-0.2, 0) is 7.05 Å². The van der Waals surface area contributed by atoms with Crippen LogP contribution in [0.5, 0.6) is 5.75 Å². The summed E-state index contributed by atoms with van der Waals surface area (Å²) in [5.41, 5.74) is -0.570. The van der Waals surface area contributed by atoms with Crippen LogP contribution in [-0.4, -0.2) is 44.1 Å². The quantitative estimate of drug-likeness (QED) is 0.597. The molecular formula is C22H33FN4O4. The van der Waals surface area contributed by atoms with E-state index >= 15 is 4.39 Å². The third-order valence-electron chi connectivity index (χ3n) is 5.12. The molecule has 0 unspecified atom stereocenters. The van der Waals surface area contributed by atoms with Gasteiger partial charge in [-0.15, -0.1) is 5.10 Å². The van der Waals surface area contributed by atoms with E-state index < -0.39 is 23.5 Å². The molecule has 172 valence electrons. The second kappa shape index (κ2) is 10.6. The maximum absolute atomic E-state index is 15.1. The van der Waals surface area contributed by atoms with Gasteiger partial charge in [-0.1, -0.05) is 34.1 Å². The van der Waals surface area contributed by atoms with Crippen molar-refractivity contribution in [1.82, 2.24) is 19.7 Å². The molecule has 9 heteroatoms. The largest absolute Gasteiger partial charge is 0.490 e. The number of aromatic nitrogens is 3. The monoisotopic (exact) mass is 436 g/mol. The van der Waals surface area contributed by atoms with Crippen molar-refractivity contribution < 1.29 is 19.0 Å². The lowest BCUT2D eigenvalue weighted by Gasteiger charge is -2.20. The molecule has 2 rings (SSSR count). The van der Waals surface area contributed by atoms with Gasteiger partial charge in [0.25, 0.3) is 5.91 Å². The molecule has 0 saturated heterocycles. The zero-order valence-electron chi connectivity index (χ0n) is 19.1. The van der Waals surface area contributed by atoms with Gasteiger partial charge in [0.2, 0.25) is 0 Å². The van der Waals surface area contributed by atoms with Gasteiger partial charge < -0.3 is 15.2 Å². The predicted molar refractivity (Wildman–Crippen MR) is 116 cm³/mol. The number of nitrogens with zero attached hydrogens (tertiary/aromatic N) is 3. The van der Waals surface area contributed by atoms with E-state index in [1.807, 2.05) is 34.6 Å². The van der Waals surface area contributed by atoms with Gasteiger partial charge in [0.05, 0.1) is 24.3 Å². The highest BCUT2D eigenvalue weighted by Gasteiger charge is 2.24. The van der Waals surface area contributed by atoms with E-state index in [4.69, 9.17) is 4.74 Å². The van der Waals surface area contributed by atoms with E-state index in [-0.39, 0.29) is 35.6 Å². The summed E-state index contributed by atoms with van der Waals surface area (Å²) in [4.78, 5) is 25.5. The molecule has 0 saturated carbocycles. The molecule has 0 spiro atoms. The molecular weight excluding hydrogens is 403 g/mol. The van der Waals surface area contributed by atoms with Crippen LogP contribution in [0.1, 0.15) is 76.0 Å². The van der Waals surface area contributed by atoms with Gasteiger partial charge in [-0.2, -0.15) is 4.68 Å². The van der Waals surface area contributed by atoms with E-state index in [1.165, 1.54) is 10.6 Å². The number of benzene rings is 1. The topological polar surface area (TPSA) is 98.4 Å². The van der Waals surface area contributed by atoms with Crippen LogP contribution in [0.15, 0.2) is 16.9 Å². The highest BCUT2D eigenvalue weighted by Crippen LogP contribution is 2.27. The molecule has 0 aliphatic rings. The number of aliphatic hydroxyl groups excluding tert-OH is 1. The Morgan fingerprint density at radius 1 is 1.29 bits per heavy atom. The van der Waals surface area contributed by atoms with Gasteiger partial charge in [-0.25, -0.2) is 9.18 Å². The average molecular weight is 437 g/mol. The van der Waals surface area contributed by atoms with Crippen molar-refractivity contribution in [2.45, 2.75) is 71.9 Å². The molecule has 1 aromatic heterocycles. The number of aliphatic hydroxyl groups is 1. The normalized spacial score (nSPS) is 13.3. The van der Waals surface area contributed by atoms with E-state index in [0.29, 0.717) is 12.2 Å². The average Bonchev–Trinajstić information content (AvgIpc) is 3.02. The second-order valence-electron chi connectivity index (χ2n) is 8.04. The van der Waals surface area contributed by atoms with Crippen molar-refractivity contribution in [3.05, 3.63) is 39.8 Å². The molecule has 0 radical (unpaired) electrons. The number of carbonyl (C=O) groups is 1. The first-order valence-electron chi connectivity index (χ1n) is 10.7. The van der Waals surface area contributed by atoms with Crippen molar-refractivity contribution in [2.24, 2.45) is 7.05 Å². The van der Waals surface area contributed by atoms with E-state index in [9.17, 15) is 14.7 Å². The van der Waals surface area contributed by atoms with Crippen LogP contribution in [0.2, 0.25) is 0 Å². The van der Waals surface area contributed by atoms with Gasteiger partial charge in [-0.3, -0.25) is 9.36 Å². The number of amides is 1. The Balaban J connectivity index is 2.59. The Kier molecular flexibility index (Phi) is 8.38. The Hall–Kier alpha value is -2.68. The fourth-order valence-corrected chi connectivity index (χ4v) is 3.31. The van der Waals surface area contributed by atoms with E-state index in [0.717, 1.165) is 23.6 Å². The van der Waals surface area contributed by atoms with Gasteiger partial charge in [-0.05, 0) is 25.8 Å². The summed E-state index contributed by atoms with van der Waals surface area (Å²) in [5, 5.41) is 16.4. The molecule has 2 atom stereocenters. The van der Waals surface area contributed by atoms with Crippen molar-refractivity contribution in [2.75, 3.05) is 6.61 Å². The molecule has 1 aromatic carbocycles. The minimum Gasteiger partial charge on any atom is -0.490 e. The number of carbonyl (C=O) groups excluding carboxylic acids is 1. The maximum Gasteiger partial charge on any atom is 0.350 e. The Morgan fingerprint density at radius 3 is 2.48 bits per heavy atom. The number of nitrogens with one attached hydrogen (secondary N) is 1. The van der Waals surface area contributed by atoms with Crippen LogP contribution in [0, 0.1) is 5.82 Å². The summed E-state index contributed by atoms with van der Waals surface area (Å²) in [6.07, 6.45) is 1.91. The highest BCUT2D eigenvalue weighted by atomic mass is 19.1. The third kappa shape index (κ3) is 5.52. The molecule has 31 heavy (non-hydrogen) atoms. The van der Waals surface area contributed by atoms with Crippen LogP contribution < -0.4 is 15.7 Å². The molecule has 0 aliphatic heterocycles. The number of hydrogen-bond acceptors (Lipinski definition) is 5. The number of rotatable bonds is 10. The first-order chi connectivity index (χ1) is 14.6. The Bertz CT molecular complexity index is 963. The van der Waals surface area contributed by atoms with Crippen molar-refractivity contribution in [3.8, 4) is 11.4 Å². The molecule has 1 amide bonds. The summed E-state index contributed by atoms with van der Waals surface area (Å²) in [6, 6.07) is 1.94. The van der Waals surface area contributed by atoms with Crippen molar-refractivity contribution in [1.29, 1.82) is 0 Å². The lowest BCUT2D eigenvalue weighted by atomic mass is 10.1. The van der Waals surface area contributed by atoms with Gasteiger partial charge in [0.1, 0.15) is 23.1 Å². The minimum atomic E-state index is -0.770. The molecule has 0 fully saturated rings. The Morgan fingerprint density at radius 2 is 1.97 bits per heavy atom. The molecule has 2 N–H and O–H groups in total. The van der Waals surface area contributed by atoms with Crippen LogP contribution in [0.4, 0.5) is 4.39 Å².